The van der Waals surface area contributed by atoms with Gasteiger partial charge >= 0.3 is 0 Å². The third-order valence-electron chi connectivity index (χ3n) is 4.10. The molecule has 1 aliphatic rings. The van der Waals surface area contributed by atoms with Gasteiger partial charge in [-0.05, 0) is 19.8 Å². The van der Waals surface area contributed by atoms with Crippen molar-refractivity contribution in [3.05, 3.63) is 17.0 Å². The van der Waals surface area contributed by atoms with Crippen LogP contribution in [0.4, 0.5) is 5.82 Å². The first-order valence-electron chi connectivity index (χ1n) is 6.88. The summed E-state index contributed by atoms with van der Waals surface area (Å²) in [4.78, 5) is 8.35. The van der Waals surface area contributed by atoms with Gasteiger partial charge in [0.25, 0.3) is 0 Å². The number of hydrogen-bond donors (Lipinski definition) is 1. The van der Waals surface area contributed by atoms with Crippen LogP contribution in [0.3, 0.4) is 0 Å². The van der Waals surface area contributed by atoms with Crippen LogP contribution in [0, 0.1) is 5.41 Å². The number of hydrogen-bond acceptors (Lipinski definition) is 4. The zero-order chi connectivity index (χ0) is 14.0. The Bertz CT molecular complexity index is 450. The molecule has 1 N–H and O–H groups in total. The summed E-state index contributed by atoms with van der Waals surface area (Å²) in [7, 11) is 0. The summed E-state index contributed by atoms with van der Waals surface area (Å²) in [5.74, 6) is 0.857. The molecular formula is C14H22ClN3O. The van der Waals surface area contributed by atoms with Crippen LogP contribution >= 0.6 is 11.6 Å². The number of halogens is 1. The second-order valence-corrected chi connectivity index (χ2v) is 5.90. The molecule has 0 bridgehead atoms. The van der Waals surface area contributed by atoms with Crippen LogP contribution in [-0.4, -0.2) is 28.7 Å². The highest BCUT2D eigenvalue weighted by atomic mass is 35.5. The molecule has 1 fully saturated rings. The number of nitrogens with one attached hydrogen (secondary N) is 1. The molecule has 2 atom stereocenters. The lowest BCUT2D eigenvalue weighted by molar-refractivity contribution is -0.0976. The normalized spacial score (nSPS) is 24.9. The average molecular weight is 284 g/mol. The van der Waals surface area contributed by atoms with Crippen LogP contribution in [0.2, 0.25) is 5.15 Å². The van der Waals surface area contributed by atoms with E-state index in [9.17, 15) is 0 Å². The van der Waals surface area contributed by atoms with Crippen molar-refractivity contribution in [2.75, 3.05) is 11.9 Å². The van der Waals surface area contributed by atoms with E-state index in [0.717, 1.165) is 30.8 Å². The number of ether oxygens (including phenoxy) is 1. The third kappa shape index (κ3) is 2.70. The minimum atomic E-state index is 0.110. The van der Waals surface area contributed by atoms with E-state index in [1.165, 1.54) is 6.33 Å². The maximum atomic E-state index is 6.11. The van der Waals surface area contributed by atoms with Crippen molar-refractivity contribution >= 4 is 17.4 Å². The van der Waals surface area contributed by atoms with Gasteiger partial charge < -0.3 is 10.1 Å². The van der Waals surface area contributed by atoms with E-state index in [0.29, 0.717) is 17.3 Å². The van der Waals surface area contributed by atoms with Gasteiger partial charge in [-0.1, -0.05) is 32.4 Å². The second-order valence-electron chi connectivity index (χ2n) is 5.54. The summed E-state index contributed by atoms with van der Waals surface area (Å²) in [5.41, 5.74) is 1.10. The molecule has 5 heteroatoms. The Kier molecular flexibility index (Phi) is 4.31. The predicted octanol–water partition coefficient (Wildman–Crippen LogP) is 3.31. The molecule has 4 nitrogen and oxygen atoms in total. The molecule has 0 radical (unpaired) electrons. The lowest BCUT2D eigenvalue weighted by Gasteiger charge is -2.51. The summed E-state index contributed by atoms with van der Waals surface area (Å²) in [5, 5.41) is 4.04. The van der Waals surface area contributed by atoms with Gasteiger partial charge in [0, 0.05) is 23.6 Å². The Labute approximate surface area is 119 Å². The fourth-order valence-corrected chi connectivity index (χ4v) is 2.87. The first-order valence-corrected chi connectivity index (χ1v) is 7.26. The zero-order valence-corrected chi connectivity index (χ0v) is 12.8. The molecule has 0 saturated heterocycles. The van der Waals surface area contributed by atoms with Gasteiger partial charge in [-0.25, -0.2) is 9.97 Å². The van der Waals surface area contributed by atoms with E-state index < -0.39 is 0 Å². The Hall–Kier alpha value is -0.870. The summed E-state index contributed by atoms with van der Waals surface area (Å²) in [6.07, 6.45) is 3.66. The van der Waals surface area contributed by atoms with E-state index in [4.69, 9.17) is 16.3 Å². The molecule has 106 valence electrons. The largest absolute Gasteiger partial charge is 0.378 e. The first kappa shape index (κ1) is 14.5. The molecule has 1 aromatic rings. The predicted molar refractivity (Wildman–Crippen MR) is 77.6 cm³/mol. The Balaban J connectivity index is 2.09. The molecule has 19 heavy (non-hydrogen) atoms. The van der Waals surface area contributed by atoms with E-state index in [1.54, 1.807) is 0 Å². The van der Waals surface area contributed by atoms with Crippen LogP contribution in [0.1, 0.15) is 39.7 Å². The van der Waals surface area contributed by atoms with Gasteiger partial charge in [0.1, 0.15) is 17.3 Å². The Morgan fingerprint density at radius 3 is 2.74 bits per heavy atom. The first-order chi connectivity index (χ1) is 9.00. The molecule has 2 unspecified atom stereocenters. The molecule has 1 aromatic heterocycles. The van der Waals surface area contributed by atoms with E-state index in [1.807, 2.05) is 6.92 Å². The third-order valence-corrected chi connectivity index (χ3v) is 4.43. The standard InChI is InChI=1S/C14H22ClN3O/c1-5-9-12(15)16-8-17-13(9)18-10-7-11(19-6-2)14(10,3)4/h8,10-11H,5-7H2,1-4H3,(H,16,17,18). The quantitative estimate of drug-likeness (QED) is 0.842. The van der Waals surface area contributed by atoms with Crippen molar-refractivity contribution in [3.8, 4) is 0 Å². The minimum absolute atomic E-state index is 0.110. The van der Waals surface area contributed by atoms with Crippen molar-refractivity contribution in [1.82, 2.24) is 9.97 Å². The lowest BCUT2D eigenvalue weighted by Crippen LogP contribution is -2.58. The van der Waals surface area contributed by atoms with E-state index in [2.05, 4.69) is 36.1 Å². The molecule has 0 aliphatic heterocycles. The average Bonchev–Trinajstić information content (AvgIpc) is 2.38. The number of nitrogens with zero attached hydrogens (tertiary/aromatic N) is 2. The van der Waals surface area contributed by atoms with Crippen LogP contribution in [-0.2, 0) is 11.2 Å². The molecule has 1 saturated carbocycles. The minimum Gasteiger partial charge on any atom is -0.378 e. The number of rotatable bonds is 5. The van der Waals surface area contributed by atoms with Gasteiger partial charge in [-0.15, -0.1) is 0 Å². The molecule has 1 aliphatic carbocycles. The number of aromatic nitrogens is 2. The summed E-state index contributed by atoms with van der Waals surface area (Å²) in [6.45, 7) is 9.31. The highest BCUT2D eigenvalue weighted by Gasteiger charge is 2.49. The van der Waals surface area contributed by atoms with Crippen LogP contribution in [0.25, 0.3) is 0 Å². The van der Waals surface area contributed by atoms with E-state index >= 15 is 0 Å². The highest BCUT2D eigenvalue weighted by Crippen LogP contribution is 2.44. The maximum absolute atomic E-state index is 6.11. The summed E-state index contributed by atoms with van der Waals surface area (Å²) < 4.78 is 5.74. The van der Waals surface area contributed by atoms with Gasteiger partial charge in [-0.2, -0.15) is 0 Å². The van der Waals surface area contributed by atoms with Gasteiger partial charge in [0.05, 0.1) is 6.10 Å². The summed E-state index contributed by atoms with van der Waals surface area (Å²) in [6, 6.07) is 0.361. The Morgan fingerprint density at radius 1 is 1.42 bits per heavy atom. The molecule has 2 rings (SSSR count). The van der Waals surface area contributed by atoms with Crippen molar-refractivity contribution in [3.63, 3.8) is 0 Å². The lowest BCUT2D eigenvalue weighted by atomic mass is 9.64. The topological polar surface area (TPSA) is 47.0 Å². The summed E-state index contributed by atoms with van der Waals surface area (Å²) >= 11 is 6.11. The smallest absolute Gasteiger partial charge is 0.137 e. The van der Waals surface area contributed by atoms with Crippen molar-refractivity contribution in [1.29, 1.82) is 0 Å². The second kappa shape index (κ2) is 5.63. The highest BCUT2D eigenvalue weighted by molar-refractivity contribution is 6.30. The van der Waals surface area contributed by atoms with E-state index in [-0.39, 0.29) is 5.41 Å². The van der Waals surface area contributed by atoms with Crippen molar-refractivity contribution in [2.45, 2.75) is 52.7 Å². The molecule has 1 heterocycles. The van der Waals surface area contributed by atoms with Crippen LogP contribution in [0.5, 0.6) is 0 Å². The van der Waals surface area contributed by atoms with Crippen molar-refractivity contribution < 1.29 is 4.74 Å². The van der Waals surface area contributed by atoms with Gasteiger partial charge in [-0.3, -0.25) is 0 Å². The molecule has 0 amide bonds. The van der Waals surface area contributed by atoms with Crippen molar-refractivity contribution in [2.24, 2.45) is 5.41 Å². The number of anilines is 1. The van der Waals surface area contributed by atoms with Gasteiger partial charge in [0.2, 0.25) is 0 Å². The van der Waals surface area contributed by atoms with Gasteiger partial charge in [0.15, 0.2) is 0 Å². The maximum Gasteiger partial charge on any atom is 0.137 e. The van der Waals surface area contributed by atoms with Crippen LogP contribution < -0.4 is 5.32 Å². The SMILES string of the molecule is CCOC1CC(Nc2ncnc(Cl)c2CC)C1(C)C. The Morgan fingerprint density at radius 2 is 2.16 bits per heavy atom. The fraction of sp³-hybridized carbons (Fsp3) is 0.714. The van der Waals surface area contributed by atoms with Crippen LogP contribution in [0.15, 0.2) is 6.33 Å². The fourth-order valence-electron chi connectivity index (χ4n) is 2.61. The zero-order valence-electron chi connectivity index (χ0n) is 12.0. The monoisotopic (exact) mass is 283 g/mol. The molecular weight excluding hydrogens is 262 g/mol. The molecule has 0 spiro atoms. The molecule has 0 aromatic carbocycles.